The summed E-state index contributed by atoms with van der Waals surface area (Å²) in [5, 5.41) is 8.50. The monoisotopic (exact) mass is 219 g/mol. The summed E-state index contributed by atoms with van der Waals surface area (Å²) in [5.41, 5.74) is 0. The molecule has 0 spiro atoms. The fraction of sp³-hybridized carbons (Fsp3) is 0.875. The lowest BCUT2D eigenvalue weighted by atomic mass is 10.1. The van der Waals surface area contributed by atoms with Crippen LogP contribution >= 0.6 is 0 Å². The van der Waals surface area contributed by atoms with Crippen molar-refractivity contribution in [1.82, 2.24) is 4.31 Å². The fourth-order valence-electron chi connectivity index (χ4n) is 1.74. The zero-order chi connectivity index (χ0) is 10.3. The molecule has 6 heteroatoms. The predicted molar refractivity (Wildman–Crippen MR) is 49.3 cm³/mol. The second-order valence-electron chi connectivity index (χ2n) is 3.93. The smallest absolute Gasteiger partial charge is 0.307 e. The SMILES string of the molecule is O=C(O)C1CCN(S(=O)(=O)C2CC2)C1. The lowest BCUT2D eigenvalue weighted by Gasteiger charge is -2.14. The van der Waals surface area contributed by atoms with Gasteiger partial charge in [-0.3, -0.25) is 4.79 Å². The average molecular weight is 219 g/mol. The topological polar surface area (TPSA) is 74.7 Å². The van der Waals surface area contributed by atoms with Gasteiger partial charge in [0.05, 0.1) is 11.2 Å². The summed E-state index contributed by atoms with van der Waals surface area (Å²) in [6, 6.07) is 0. The molecule has 2 fully saturated rings. The minimum absolute atomic E-state index is 0.161. The number of hydrogen-bond acceptors (Lipinski definition) is 3. The van der Waals surface area contributed by atoms with E-state index in [-0.39, 0.29) is 11.8 Å². The van der Waals surface area contributed by atoms with E-state index in [2.05, 4.69) is 0 Å². The molecule has 0 aromatic carbocycles. The Labute approximate surface area is 82.8 Å². The molecule has 1 aliphatic heterocycles. The second-order valence-corrected chi connectivity index (χ2v) is 6.14. The van der Waals surface area contributed by atoms with E-state index in [1.54, 1.807) is 0 Å². The van der Waals surface area contributed by atoms with Crippen molar-refractivity contribution in [1.29, 1.82) is 0 Å². The highest BCUT2D eigenvalue weighted by molar-refractivity contribution is 7.90. The first-order chi connectivity index (χ1) is 6.51. The minimum Gasteiger partial charge on any atom is -0.481 e. The van der Waals surface area contributed by atoms with Crippen LogP contribution in [-0.4, -0.2) is 42.1 Å². The number of carboxylic acid groups (broad SMARTS) is 1. The van der Waals surface area contributed by atoms with E-state index < -0.39 is 21.9 Å². The van der Waals surface area contributed by atoms with Crippen molar-refractivity contribution in [2.24, 2.45) is 5.92 Å². The molecule has 2 rings (SSSR count). The van der Waals surface area contributed by atoms with Gasteiger partial charge in [0.15, 0.2) is 0 Å². The molecule has 1 saturated heterocycles. The molecule has 1 N–H and O–H groups in total. The number of rotatable bonds is 3. The van der Waals surface area contributed by atoms with Crippen LogP contribution < -0.4 is 0 Å². The zero-order valence-electron chi connectivity index (χ0n) is 7.72. The van der Waals surface area contributed by atoms with E-state index in [0.717, 1.165) is 12.8 Å². The number of hydrogen-bond donors (Lipinski definition) is 1. The van der Waals surface area contributed by atoms with Crippen LogP contribution in [0, 0.1) is 5.92 Å². The largest absolute Gasteiger partial charge is 0.481 e. The Hall–Kier alpha value is -0.620. The number of aliphatic carboxylic acids is 1. The average Bonchev–Trinajstić information content (AvgIpc) is 2.82. The molecule has 0 amide bonds. The van der Waals surface area contributed by atoms with Gasteiger partial charge in [0.25, 0.3) is 0 Å². The summed E-state index contributed by atoms with van der Waals surface area (Å²) in [6.45, 7) is 0.532. The molecule has 14 heavy (non-hydrogen) atoms. The van der Waals surface area contributed by atoms with Crippen LogP contribution in [0.5, 0.6) is 0 Å². The van der Waals surface area contributed by atoms with Gasteiger partial charge in [0.2, 0.25) is 10.0 Å². The van der Waals surface area contributed by atoms with E-state index in [9.17, 15) is 13.2 Å². The van der Waals surface area contributed by atoms with Crippen molar-refractivity contribution in [3.8, 4) is 0 Å². The number of carbonyl (C=O) groups is 1. The van der Waals surface area contributed by atoms with Crippen molar-refractivity contribution < 1.29 is 18.3 Å². The quantitative estimate of drug-likeness (QED) is 0.718. The normalized spacial score (nSPS) is 29.3. The van der Waals surface area contributed by atoms with Gasteiger partial charge < -0.3 is 5.11 Å². The fourth-order valence-corrected chi connectivity index (χ4v) is 3.64. The highest BCUT2D eigenvalue weighted by atomic mass is 32.2. The highest BCUT2D eigenvalue weighted by Crippen LogP contribution is 2.33. The van der Waals surface area contributed by atoms with Crippen molar-refractivity contribution in [2.45, 2.75) is 24.5 Å². The van der Waals surface area contributed by atoms with Crippen LogP contribution in [0.1, 0.15) is 19.3 Å². The Morgan fingerprint density at radius 3 is 2.36 bits per heavy atom. The Kier molecular flexibility index (Phi) is 2.27. The number of carboxylic acids is 1. The molecule has 0 aromatic rings. The van der Waals surface area contributed by atoms with Gasteiger partial charge in [-0.05, 0) is 19.3 Å². The first-order valence-corrected chi connectivity index (χ1v) is 6.24. The summed E-state index contributed by atoms with van der Waals surface area (Å²) < 4.78 is 24.7. The van der Waals surface area contributed by atoms with Crippen molar-refractivity contribution in [2.75, 3.05) is 13.1 Å². The third-order valence-electron chi connectivity index (χ3n) is 2.81. The maximum absolute atomic E-state index is 11.7. The standard InChI is InChI=1S/C8H13NO4S/c10-8(11)6-3-4-9(5-6)14(12,13)7-1-2-7/h6-7H,1-5H2,(H,10,11). The summed E-state index contributed by atoms with van der Waals surface area (Å²) in [6.07, 6.45) is 1.91. The lowest BCUT2D eigenvalue weighted by molar-refractivity contribution is -0.141. The molecule has 1 unspecified atom stereocenters. The number of sulfonamides is 1. The lowest BCUT2D eigenvalue weighted by Crippen LogP contribution is -2.32. The summed E-state index contributed by atoms with van der Waals surface area (Å²) in [7, 11) is -3.16. The van der Waals surface area contributed by atoms with Gasteiger partial charge in [0, 0.05) is 13.1 Å². The molecular formula is C8H13NO4S. The van der Waals surface area contributed by atoms with E-state index in [4.69, 9.17) is 5.11 Å². The van der Waals surface area contributed by atoms with Gasteiger partial charge >= 0.3 is 5.97 Å². The second kappa shape index (κ2) is 3.20. The van der Waals surface area contributed by atoms with Gasteiger partial charge in [-0.15, -0.1) is 0 Å². The van der Waals surface area contributed by atoms with Gasteiger partial charge in [-0.25, -0.2) is 12.7 Å². The maximum atomic E-state index is 11.7. The molecule has 0 radical (unpaired) electrons. The molecule has 1 aliphatic carbocycles. The van der Waals surface area contributed by atoms with Crippen LogP contribution in [0.2, 0.25) is 0 Å². The van der Waals surface area contributed by atoms with E-state index in [1.807, 2.05) is 0 Å². The van der Waals surface area contributed by atoms with Crippen LogP contribution in [0.3, 0.4) is 0 Å². The highest BCUT2D eigenvalue weighted by Gasteiger charge is 2.43. The molecule has 1 heterocycles. The molecule has 1 saturated carbocycles. The molecule has 80 valence electrons. The third-order valence-corrected chi connectivity index (χ3v) is 5.17. The van der Waals surface area contributed by atoms with Gasteiger partial charge in [-0.2, -0.15) is 0 Å². The van der Waals surface area contributed by atoms with Crippen LogP contribution in [-0.2, 0) is 14.8 Å². The maximum Gasteiger partial charge on any atom is 0.307 e. The van der Waals surface area contributed by atoms with Crippen LogP contribution in [0.4, 0.5) is 0 Å². The van der Waals surface area contributed by atoms with Crippen LogP contribution in [0.15, 0.2) is 0 Å². The van der Waals surface area contributed by atoms with Crippen molar-refractivity contribution >= 4 is 16.0 Å². The van der Waals surface area contributed by atoms with E-state index in [0.29, 0.717) is 13.0 Å². The third kappa shape index (κ3) is 1.64. The molecular weight excluding hydrogens is 206 g/mol. The number of nitrogens with zero attached hydrogens (tertiary/aromatic N) is 1. The Morgan fingerprint density at radius 2 is 1.93 bits per heavy atom. The Bertz CT molecular complexity index is 346. The van der Waals surface area contributed by atoms with E-state index in [1.165, 1.54) is 4.31 Å². The van der Waals surface area contributed by atoms with Crippen molar-refractivity contribution in [3.63, 3.8) is 0 Å². The molecule has 0 aromatic heterocycles. The Balaban J connectivity index is 2.05. The molecule has 0 bridgehead atoms. The van der Waals surface area contributed by atoms with Gasteiger partial charge in [0.1, 0.15) is 0 Å². The molecule has 2 aliphatic rings. The molecule has 1 atom stereocenters. The van der Waals surface area contributed by atoms with E-state index >= 15 is 0 Å². The zero-order valence-corrected chi connectivity index (χ0v) is 8.53. The van der Waals surface area contributed by atoms with Crippen molar-refractivity contribution in [3.05, 3.63) is 0 Å². The summed E-state index contributed by atoms with van der Waals surface area (Å²) in [5.74, 6) is -1.40. The van der Waals surface area contributed by atoms with Gasteiger partial charge in [-0.1, -0.05) is 0 Å². The summed E-state index contributed by atoms with van der Waals surface area (Å²) >= 11 is 0. The first kappa shape index (κ1) is 9.92. The predicted octanol–water partition coefficient (Wildman–Crippen LogP) is -0.115. The summed E-state index contributed by atoms with van der Waals surface area (Å²) in [4.78, 5) is 10.6. The van der Waals surface area contributed by atoms with Crippen LogP contribution in [0.25, 0.3) is 0 Å². The Morgan fingerprint density at radius 1 is 1.29 bits per heavy atom. The molecule has 5 nitrogen and oxygen atoms in total. The first-order valence-electron chi connectivity index (χ1n) is 4.73. The minimum atomic E-state index is -3.16.